The van der Waals surface area contributed by atoms with Crippen molar-refractivity contribution in [1.82, 2.24) is 0 Å². The van der Waals surface area contributed by atoms with Crippen molar-refractivity contribution in [2.45, 2.75) is 38.7 Å². The molecule has 4 rings (SSSR count). The van der Waals surface area contributed by atoms with Gasteiger partial charge in [-0.15, -0.1) is 0 Å². The van der Waals surface area contributed by atoms with Crippen LogP contribution in [0.25, 0.3) is 0 Å². The van der Waals surface area contributed by atoms with Crippen molar-refractivity contribution >= 4 is 17.3 Å². The van der Waals surface area contributed by atoms with Gasteiger partial charge in [-0.1, -0.05) is 80.6 Å². The lowest BCUT2D eigenvalue weighted by atomic mass is 9.79. The van der Waals surface area contributed by atoms with Crippen molar-refractivity contribution < 1.29 is 14.6 Å². The topological polar surface area (TPSA) is 49.8 Å². The number of hydrogen-bond donors (Lipinski definition) is 1. The van der Waals surface area contributed by atoms with Gasteiger partial charge in [-0.05, 0) is 48.6 Å². The molecule has 32 heavy (non-hydrogen) atoms. The molecule has 0 aliphatic carbocycles. The monoisotopic (exact) mass is 427 g/mol. The van der Waals surface area contributed by atoms with Crippen LogP contribution in [-0.2, 0) is 16.0 Å². The Balaban J connectivity index is 1.71. The maximum atomic E-state index is 13.4. The van der Waals surface area contributed by atoms with E-state index in [0.717, 1.165) is 17.8 Å². The zero-order valence-corrected chi connectivity index (χ0v) is 18.6. The summed E-state index contributed by atoms with van der Waals surface area (Å²) < 4.78 is 6.17. The Morgan fingerprint density at radius 2 is 1.38 bits per heavy atom. The van der Waals surface area contributed by atoms with Crippen LogP contribution in [0.1, 0.15) is 32.3 Å². The molecule has 3 aromatic rings. The van der Waals surface area contributed by atoms with Crippen LogP contribution < -0.4 is 4.90 Å². The van der Waals surface area contributed by atoms with Gasteiger partial charge in [0.1, 0.15) is 11.4 Å². The molecule has 1 heterocycles. The van der Waals surface area contributed by atoms with Gasteiger partial charge in [-0.25, -0.2) is 4.79 Å². The first-order valence-electron chi connectivity index (χ1n) is 11.1. The van der Waals surface area contributed by atoms with Crippen LogP contribution in [0.3, 0.4) is 0 Å². The molecule has 0 bridgehead atoms. The highest BCUT2D eigenvalue weighted by Gasteiger charge is 2.46. The maximum absolute atomic E-state index is 13.4. The van der Waals surface area contributed by atoms with Gasteiger partial charge in [-0.3, -0.25) is 0 Å². The molecule has 0 spiro atoms. The fraction of sp³-hybridized carbons (Fsp3) is 0.250. The smallest absolute Gasteiger partial charge is 0.359 e. The molecular weight excluding hydrogens is 398 g/mol. The van der Waals surface area contributed by atoms with Crippen LogP contribution in [-0.4, -0.2) is 16.7 Å². The van der Waals surface area contributed by atoms with Gasteiger partial charge < -0.3 is 14.7 Å². The predicted octanol–water partition coefficient (Wildman–Crippen LogP) is 6.57. The number of esters is 1. The average Bonchev–Trinajstić information content (AvgIpc) is 2.82. The largest absolute Gasteiger partial charge is 0.510 e. The highest BCUT2D eigenvalue weighted by atomic mass is 16.6. The minimum Gasteiger partial charge on any atom is -0.510 e. The van der Waals surface area contributed by atoms with Gasteiger partial charge in [0.05, 0.1) is 0 Å². The number of hydrogen-bond acceptors (Lipinski definition) is 4. The van der Waals surface area contributed by atoms with Gasteiger partial charge in [0.2, 0.25) is 0 Å². The average molecular weight is 428 g/mol. The number of anilines is 2. The number of aryl methyl sites for hydroxylation is 1. The van der Waals surface area contributed by atoms with E-state index in [1.54, 1.807) is 4.90 Å². The third-order valence-electron chi connectivity index (χ3n) is 6.21. The Hall–Kier alpha value is -3.53. The standard InChI is InChI=1S/C28H29NO3/c1-21(2)28(19-18-22-12-6-3-7-13-22)20-25(30)26(27(31)32-28)29(23-14-8-4-9-15-23)24-16-10-5-11-17-24/h3-17,21,30H,18-20H2,1-2H3. The third-order valence-corrected chi connectivity index (χ3v) is 6.21. The lowest BCUT2D eigenvalue weighted by molar-refractivity contribution is -0.165. The Morgan fingerprint density at radius 1 is 0.875 bits per heavy atom. The fourth-order valence-electron chi connectivity index (χ4n) is 4.29. The molecule has 0 saturated carbocycles. The molecule has 0 radical (unpaired) electrons. The molecule has 1 aliphatic rings. The minimum atomic E-state index is -0.750. The summed E-state index contributed by atoms with van der Waals surface area (Å²) in [4.78, 5) is 15.2. The van der Waals surface area contributed by atoms with Crippen LogP contribution in [0.5, 0.6) is 0 Å². The second-order valence-electron chi connectivity index (χ2n) is 8.57. The molecule has 1 N–H and O–H groups in total. The first-order valence-corrected chi connectivity index (χ1v) is 11.1. The van der Waals surface area contributed by atoms with Crippen molar-refractivity contribution in [3.8, 4) is 0 Å². The van der Waals surface area contributed by atoms with Crippen molar-refractivity contribution in [2.24, 2.45) is 5.92 Å². The number of carbonyl (C=O) groups excluding carboxylic acids is 1. The van der Waals surface area contributed by atoms with Gasteiger partial charge >= 0.3 is 5.97 Å². The summed E-state index contributed by atoms with van der Waals surface area (Å²) in [6, 6.07) is 29.3. The number of benzene rings is 3. The normalized spacial score (nSPS) is 18.5. The number of nitrogens with zero attached hydrogens (tertiary/aromatic N) is 1. The second-order valence-corrected chi connectivity index (χ2v) is 8.57. The van der Waals surface area contributed by atoms with Gasteiger partial charge in [0, 0.05) is 17.8 Å². The van der Waals surface area contributed by atoms with E-state index in [-0.39, 0.29) is 23.8 Å². The zero-order valence-electron chi connectivity index (χ0n) is 18.6. The number of aliphatic hydroxyl groups is 1. The summed E-state index contributed by atoms with van der Waals surface area (Å²) in [7, 11) is 0. The molecule has 4 nitrogen and oxygen atoms in total. The van der Waals surface area contributed by atoms with E-state index in [1.165, 1.54) is 5.56 Å². The predicted molar refractivity (Wildman–Crippen MR) is 128 cm³/mol. The van der Waals surface area contributed by atoms with Gasteiger partial charge in [-0.2, -0.15) is 0 Å². The van der Waals surface area contributed by atoms with Crippen molar-refractivity contribution in [3.63, 3.8) is 0 Å². The third kappa shape index (κ3) is 4.40. The van der Waals surface area contributed by atoms with E-state index in [4.69, 9.17) is 4.74 Å². The van der Waals surface area contributed by atoms with E-state index in [9.17, 15) is 9.90 Å². The molecule has 0 saturated heterocycles. The minimum absolute atomic E-state index is 0.0563. The van der Waals surface area contributed by atoms with Crippen molar-refractivity contribution in [3.05, 3.63) is 108 Å². The first kappa shape index (κ1) is 21.7. The SMILES string of the molecule is CC(C)C1(CCc2ccccc2)CC(O)=C(N(c2ccccc2)c2ccccc2)C(=O)O1. The Kier molecular flexibility index (Phi) is 6.31. The van der Waals surface area contributed by atoms with E-state index in [1.807, 2.05) is 92.7 Å². The molecular formula is C28H29NO3. The van der Waals surface area contributed by atoms with Crippen LogP contribution in [0.2, 0.25) is 0 Å². The summed E-state index contributed by atoms with van der Waals surface area (Å²) in [6.07, 6.45) is 1.71. The fourth-order valence-corrected chi connectivity index (χ4v) is 4.29. The Bertz CT molecular complexity index is 1040. The maximum Gasteiger partial charge on any atom is 0.359 e. The molecule has 1 unspecified atom stereocenters. The molecule has 1 aliphatic heterocycles. The molecule has 1 atom stereocenters. The van der Waals surface area contributed by atoms with Crippen LogP contribution in [0.15, 0.2) is 102 Å². The lowest BCUT2D eigenvalue weighted by Crippen LogP contribution is -2.47. The molecule has 164 valence electrons. The lowest BCUT2D eigenvalue weighted by Gasteiger charge is -2.42. The molecule has 0 amide bonds. The van der Waals surface area contributed by atoms with Gasteiger partial charge in [0.15, 0.2) is 5.70 Å². The molecule has 0 fully saturated rings. The highest BCUT2D eigenvalue weighted by Crippen LogP contribution is 2.42. The van der Waals surface area contributed by atoms with Crippen molar-refractivity contribution in [2.75, 3.05) is 4.90 Å². The van der Waals surface area contributed by atoms with E-state index in [2.05, 4.69) is 12.1 Å². The van der Waals surface area contributed by atoms with Crippen LogP contribution >= 0.6 is 0 Å². The van der Waals surface area contributed by atoms with E-state index >= 15 is 0 Å². The number of cyclic esters (lactones) is 1. The van der Waals surface area contributed by atoms with Crippen LogP contribution in [0, 0.1) is 5.92 Å². The summed E-state index contributed by atoms with van der Waals surface area (Å²) in [5.74, 6) is -0.375. The number of rotatable bonds is 7. The summed E-state index contributed by atoms with van der Waals surface area (Å²) in [5.41, 5.74) is 2.20. The molecule has 4 heteroatoms. The Morgan fingerprint density at radius 3 is 1.84 bits per heavy atom. The number of carbonyl (C=O) groups is 1. The van der Waals surface area contributed by atoms with Crippen molar-refractivity contribution in [1.29, 1.82) is 0 Å². The molecule has 0 aromatic heterocycles. The summed E-state index contributed by atoms with van der Waals surface area (Å²) in [6.45, 7) is 4.09. The first-order chi connectivity index (χ1) is 15.5. The van der Waals surface area contributed by atoms with E-state index < -0.39 is 11.6 Å². The van der Waals surface area contributed by atoms with Gasteiger partial charge in [0.25, 0.3) is 0 Å². The number of ether oxygens (including phenoxy) is 1. The summed E-state index contributed by atoms with van der Waals surface area (Å²) >= 11 is 0. The number of aliphatic hydroxyl groups excluding tert-OH is 1. The van der Waals surface area contributed by atoms with E-state index in [0.29, 0.717) is 6.42 Å². The zero-order chi connectivity index (χ0) is 22.6. The number of para-hydroxylation sites is 2. The second kappa shape index (κ2) is 9.31. The van der Waals surface area contributed by atoms with Crippen LogP contribution in [0.4, 0.5) is 11.4 Å². The quantitative estimate of drug-likeness (QED) is 0.433. The Labute approximate surface area is 189 Å². The molecule has 3 aromatic carbocycles. The summed E-state index contributed by atoms with van der Waals surface area (Å²) in [5, 5.41) is 11.3. The highest BCUT2D eigenvalue weighted by molar-refractivity contribution is 5.97.